The minimum atomic E-state index is -0.798. The second-order valence-electron chi connectivity index (χ2n) is 4.53. The van der Waals surface area contributed by atoms with Crippen LogP contribution >= 0.6 is 0 Å². The second-order valence-corrected chi connectivity index (χ2v) is 4.53. The summed E-state index contributed by atoms with van der Waals surface area (Å²) >= 11 is 0. The van der Waals surface area contributed by atoms with Crippen LogP contribution in [0.25, 0.3) is 0 Å². The number of carbonyl (C=O) groups excluding carboxylic acids is 1. The van der Waals surface area contributed by atoms with Gasteiger partial charge in [0.25, 0.3) is 0 Å². The molecule has 3 N–H and O–H groups in total. The van der Waals surface area contributed by atoms with Crippen molar-refractivity contribution in [3.63, 3.8) is 0 Å². The smallest absolute Gasteiger partial charge is 0.308 e. The predicted molar refractivity (Wildman–Crippen MR) is 67.3 cm³/mol. The Hall–Kier alpha value is -2.04. The Morgan fingerprint density at radius 1 is 1.39 bits per heavy atom. The number of primary amides is 1. The van der Waals surface area contributed by atoms with Crippen LogP contribution in [-0.4, -0.2) is 30.1 Å². The normalized spacial score (nSPS) is 18.2. The summed E-state index contributed by atoms with van der Waals surface area (Å²) in [6.07, 6.45) is 0.777. The minimum Gasteiger partial charge on any atom is -0.481 e. The number of amides is 1. The van der Waals surface area contributed by atoms with Crippen molar-refractivity contribution < 1.29 is 14.7 Å². The number of nitrogens with zero attached hydrogens (tertiary/aromatic N) is 1. The van der Waals surface area contributed by atoms with E-state index < -0.39 is 11.9 Å². The van der Waals surface area contributed by atoms with Gasteiger partial charge < -0.3 is 15.7 Å². The largest absolute Gasteiger partial charge is 0.481 e. The summed E-state index contributed by atoms with van der Waals surface area (Å²) in [5.74, 6) is -1.59. The van der Waals surface area contributed by atoms with Crippen molar-refractivity contribution in [2.75, 3.05) is 18.0 Å². The van der Waals surface area contributed by atoms with Crippen molar-refractivity contribution in [1.82, 2.24) is 0 Å². The summed E-state index contributed by atoms with van der Waals surface area (Å²) in [5.41, 5.74) is 7.17. The molecule has 0 radical (unpaired) electrons. The molecule has 1 amide bonds. The minimum absolute atomic E-state index is 0.237. The monoisotopic (exact) mass is 248 g/mol. The zero-order valence-electron chi connectivity index (χ0n) is 10.0. The van der Waals surface area contributed by atoms with E-state index in [9.17, 15) is 9.59 Å². The molecule has 0 spiro atoms. The number of nitrogens with two attached hydrogens (primary N) is 1. The standard InChI is InChI=1S/C13H16N2O3/c14-12(16)5-6-15-8-10(13(17)18)7-9-3-1-2-4-11(9)15/h1-4,10H,5-8H2,(H2,14,16)(H,17,18). The van der Waals surface area contributed by atoms with Gasteiger partial charge in [0, 0.05) is 25.2 Å². The Morgan fingerprint density at radius 2 is 2.11 bits per heavy atom. The fraction of sp³-hybridized carbons (Fsp3) is 0.385. The van der Waals surface area contributed by atoms with Crippen LogP contribution in [0, 0.1) is 5.92 Å². The third-order valence-electron chi connectivity index (χ3n) is 3.22. The molecule has 1 aliphatic rings. The van der Waals surface area contributed by atoms with Crippen molar-refractivity contribution in [2.45, 2.75) is 12.8 Å². The lowest BCUT2D eigenvalue weighted by molar-refractivity contribution is -0.141. The fourth-order valence-electron chi connectivity index (χ4n) is 2.31. The molecule has 1 atom stereocenters. The van der Waals surface area contributed by atoms with Crippen molar-refractivity contribution in [3.8, 4) is 0 Å². The number of carbonyl (C=O) groups is 2. The summed E-state index contributed by atoms with van der Waals surface area (Å²) in [5, 5.41) is 9.14. The average Bonchev–Trinajstić information content (AvgIpc) is 2.35. The lowest BCUT2D eigenvalue weighted by Crippen LogP contribution is -2.40. The molecule has 96 valence electrons. The molecule has 0 bridgehead atoms. The van der Waals surface area contributed by atoms with Crippen LogP contribution in [0.1, 0.15) is 12.0 Å². The van der Waals surface area contributed by atoms with Gasteiger partial charge >= 0.3 is 5.97 Å². The van der Waals surface area contributed by atoms with Gasteiger partial charge in [-0.2, -0.15) is 0 Å². The molecule has 1 aliphatic heterocycles. The topological polar surface area (TPSA) is 83.6 Å². The molecule has 1 aromatic rings. The second kappa shape index (κ2) is 5.08. The maximum absolute atomic E-state index is 11.1. The maximum Gasteiger partial charge on any atom is 0.308 e. The van der Waals surface area contributed by atoms with Gasteiger partial charge in [0.2, 0.25) is 5.91 Å². The molecular formula is C13H16N2O3. The molecule has 0 aromatic heterocycles. The Balaban J connectivity index is 2.22. The van der Waals surface area contributed by atoms with Gasteiger partial charge in [-0.3, -0.25) is 9.59 Å². The first-order chi connectivity index (χ1) is 8.58. The Labute approximate surface area is 105 Å². The molecule has 0 aliphatic carbocycles. The highest BCUT2D eigenvalue weighted by molar-refractivity contribution is 5.76. The van der Waals surface area contributed by atoms with E-state index in [0.717, 1.165) is 11.3 Å². The Bertz CT molecular complexity index is 473. The summed E-state index contributed by atoms with van der Waals surface area (Å²) in [4.78, 5) is 23.9. The number of anilines is 1. The molecule has 1 aromatic carbocycles. The van der Waals surface area contributed by atoms with E-state index in [0.29, 0.717) is 19.5 Å². The zero-order chi connectivity index (χ0) is 13.1. The van der Waals surface area contributed by atoms with Gasteiger partial charge in [-0.1, -0.05) is 18.2 Å². The number of hydrogen-bond donors (Lipinski definition) is 2. The van der Waals surface area contributed by atoms with Crippen LogP contribution in [-0.2, 0) is 16.0 Å². The SMILES string of the molecule is NC(=O)CCN1CC(C(=O)O)Cc2ccccc21. The third-order valence-corrected chi connectivity index (χ3v) is 3.22. The number of aliphatic carboxylic acids is 1. The van der Waals surface area contributed by atoms with E-state index in [2.05, 4.69) is 0 Å². The van der Waals surface area contributed by atoms with Crippen LogP contribution in [0.5, 0.6) is 0 Å². The van der Waals surface area contributed by atoms with Crippen molar-refractivity contribution >= 4 is 17.6 Å². The van der Waals surface area contributed by atoms with E-state index in [4.69, 9.17) is 10.8 Å². The molecule has 0 saturated heterocycles. The first kappa shape index (κ1) is 12.4. The van der Waals surface area contributed by atoms with Gasteiger partial charge in [0.1, 0.15) is 0 Å². The Kier molecular flexibility index (Phi) is 3.50. The van der Waals surface area contributed by atoms with Crippen molar-refractivity contribution in [1.29, 1.82) is 0 Å². The summed E-state index contributed by atoms with van der Waals surface area (Å²) in [7, 11) is 0. The first-order valence-corrected chi connectivity index (χ1v) is 5.92. The molecule has 18 heavy (non-hydrogen) atoms. The average molecular weight is 248 g/mol. The molecule has 0 saturated carbocycles. The molecule has 1 heterocycles. The molecule has 1 unspecified atom stereocenters. The number of benzene rings is 1. The fourth-order valence-corrected chi connectivity index (χ4v) is 2.31. The summed E-state index contributed by atoms with van der Waals surface area (Å²) in [6, 6.07) is 7.70. The van der Waals surface area contributed by atoms with E-state index in [1.54, 1.807) is 0 Å². The highest BCUT2D eigenvalue weighted by Gasteiger charge is 2.28. The van der Waals surface area contributed by atoms with E-state index in [1.807, 2.05) is 29.2 Å². The number of para-hydroxylation sites is 1. The van der Waals surface area contributed by atoms with Gasteiger partial charge in [-0.05, 0) is 18.1 Å². The van der Waals surface area contributed by atoms with Crippen LogP contribution in [0.2, 0.25) is 0 Å². The maximum atomic E-state index is 11.1. The van der Waals surface area contributed by atoms with Crippen LogP contribution < -0.4 is 10.6 Å². The number of carboxylic acids is 1. The molecule has 2 rings (SSSR count). The number of hydrogen-bond acceptors (Lipinski definition) is 3. The highest BCUT2D eigenvalue weighted by Crippen LogP contribution is 2.29. The predicted octanol–water partition coefficient (Wildman–Crippen LogP) is 0.625. The van der Waals surface area contributed by atoms with Crippen LogP contribution in [0.4, 0.5) is 5.69 Å². The van der Waals surface area contributed by atoms with Crippen molar-refractivity contribution in [3.05, 3.63) is 29.8 Å². The molecule has 0 fully saturated rings. The number of carboxylic acid groups (broad SMARTS) is 1. The summed E-state index contributed by atoms with van der Waals surface area (Å²) < 4.78 is 0. The molecular weight excluding hydrogens is 232 g/mol. The van der Waals surface area contributed by atoms with Crippen LogP contribution in [0.15, 0.2) is 24.3 Å². The number of fused-ring (bicyclic) bond motifs is 1. The van der Waals surface area contributed by atoms with Crippen molar-refractivity contribution in [2.24, 2.45) is 11.7 Å². The van der Waals surface area contributed by atoms with E-state index in [1.165, 1.54) is 0 Å². The summed E-state index contributed by atoms with van der Waals surface area (Å²) in [6.45, 7) is 0.899. The quantitative estimate of drug-likeness (QED) is 0.818. The lowest BCUT2D eigenvalue weighted by Gasteiger charge is -2.34. The molecule has 5 heteroatoms. The van der Waals surface area contributed by atoms with Crippen LogP contribution in [0.3, 0.4) is 0 Å². The zero-order valence-corrected chi connectivity index (χ0v) is 10.0. The van der Waals surface area contributed by atoms with Gasteiger partial charge in [0.15, 0.2) is 0 Å². The molecule has 5 nitrogen and oxygen atoms in total. The third kappa shape index (κ3) is 2.61. The van der Waals surface area contributed by atoms with E-state index >= 15 is 0 Å². The number of rotatable bonds is 4. The highest BCUT2D eigenvalue weighted by atomic mass is 16.4. The van der Waals surface area contributed by atoms with Gasteiger partial charge in [-0.25, -0.2) is 0 Å². The first-order valence-electron chi connectivity index (χ1n) is 5.92. The van der Waals surface area contributed by atoms with E-state index in [-0.39, 0.29) is 12.3 Å². The van der Waals surface area contributed by atoms with Gasteiger partial charge in [0.05, 0.1) is 5.92 Å². The Morgan fingerprint density at radius 3 is 2.78 bits per heavy atom. The lowest BCUT2D eigenvalue weighted by atomic mass is 9.92. The van der Waals surface area contributed by atoms with Gasteiger partial charge in [-0.15, -0.1) is 0 Å².